The van der Waals surface area contributed by atoms with Crippen molar-refractivity contribution in [1.82, 2.24) is 14.5 Å². The van der Waals surface area contributed by atoms with Crippen LogP contribution in [0.25, 0.3) is 0 Å². The van der Waals surface area contributed by atoms with Crippen LogP contribution in [0.15, 0.2) is 4.90 Å². The van der Waals surface area contributed by atoms with Crippen molar-refractivity contribution in [3.05, 3.63) is 11.4 Å². The van der Waals surface area contributed by atoms with E-state index in [-0.39, 0.29) is 16.2 Å². The van der Waals surface area contributed by atoms with Crippen LogP contribution in [0.2, 0.25) is 0 Å². The second-order valence-electron chi connectivity index (χ2n) is 5.28. The number of rotatable bonds is 3. The molecule has 3 N–H and O–H groups in total. The number of hydrogen-bond acceptors (Lipinski definition) is 5. The van der Waals surface area contributed by atoms with Crippen LogP contribution >= 0.6 is 11.8 Å². The van der Waals surface area contributed by atoms with Crippen molar-refractivity contribution in [1.29, 1.82) is 0 Å². The lowest BCUT2D eigenvalue weighted by Crippen LogP contribution is -2.46. The number of hydrogen-bond donors (Lipinski definition) is 2. The van der Waals surface area contributed by atoms with Gasteiger partial charge in [0.25, 0.3) is 0 Å². The van der Waals surface area contributed by atoms with Gasteiger partial charge in [0.1, 0.15) is 4.90 Å². The van der Waals surface area contributed by atoms with Gasteiger partial charge in [0.05, 0.1) is 11.4 Å². The number of H-pyrrole nitrogens is 1. The Bertz CT molecular complexity index is 565. The Morgan fingerprint density at radius 1 is 1.53 bits per heavy atom. The minimum absolute atomic E-state index is 0.0637. The van der Waals surface area contributed by atoms with Crippen molar-refractivity contribution in [2.45, 2.75) is 37.0 Å². The first-order chi connectivity index (χ1) is 8.78. The molecule has 0 atom stereocenters. The van der Waals surface area contributed by atoms with Crippen molar-refractivity contribution < 1.29 is 8.42 Å². The van der Waals surface area contributed by atoms with Crippen molar-refractivity contribution in [3.8, 4) is 0 Å². The average Bonchev–Trinajstić information content (AvgIpc) is 2.69. The lowest BCUT2D eigenvalue weighted by molar-refractivity contribution is 0.387. The molecular weight excluding hydrogens is 284 g/mol. The summed E-state index contributed by atoms with van der Waals surface area (Å²) in [6.45, 7) is 6.99. The van der Waals surface area contributed by atoms with Crippen LogP contribution in [0.4, 0.5) is 0 Å². The highest BCUT2D eigenvalue weighted by molar-refractivity contribution is 8.00. The number of aromatic amines is 1. The summed E-state index contributed by atoms with van der Waals surface area (Å²) in [5.41, 5.74) is 6.54. The van der Waals surface area contributed by atoms with Crippen LogP contribution in [-0.4, -0.2) is 46.5 Å². The summed E-state index contributed by atoms with van der Waals surface area (Å²) in [4.78, 5) is 0.248. The zero-order chi connectivity index (χ0) is 14.3. The van der Waals surface area contributed by atoms with Crippen LogP contribution < -0.4 is 5.73 Å². The number of thioether (sulfide) groups is 1. The molecule has 6 nitrogen and oxygen atoms in total. The summed E-state index contributed by atoms with van der Waals surface area (Å²) in [6, 6.07) is 0. The van der Waals surface area contributed by atoms with Crippen LogP contribution in [0, 0.1) is 6.92 Å². The van der Waals surface area contributed by atoms with Crippen molar-refractivity contribution in [2.75, 3.05) is 18.8 Å². The zero-order valence-corrected chi connectivity index (χ0v) is 13.1. The summed E-state index contributed by atoms with van der Waals surface area (Å²) < 4.78 is 27.0. The van der Waals surface area contributed by atoms with Gasteiger partial charge in [0.2, 0.25) is 10.0 Å². The van der Waals surface area contributed by atoms with E-state index in [1.807, 2.05) is 0 Å². The van der Waals surface area contributed by atoms with Gasteiger partial charge in [-0.05, 0) is 20.8 Å². The Balaban J connectivity index is 2.39. The minimum Gasteiger partial charge on any atom is -0.325 e. The van der Waals surface area contributed by atoms with Gasteiger partial charge in [0, 0.05) is 30.1 Å². The van der Waals surface area contributed by atoms with E-state index in [4.69, 9.17) is 5.73 Å². The van der Waals surface area contributed by atoms with Gasteiger partial charge in [-0.15, -0.1) is 0 Å². The monoisotopic (exact) mass is 304 g/mol. The molecule has 0 saturated carbocycles. The number of nitrogens with two attached hydrogens (primary N) is 1. The normalized spacial score (nSPS) is 20.6. The molecule has 19 heavy (non-hydrogen) atoms. The molecule has 0 aromatic carbocycles. The molecule has 108 valence electrons. The molecule has 0 spiro atoms. The van der Waals surface area contributed by atoms with E-state index in [1.54, 1.807) is 23.0 Å². The maximum absolute atomic E-state index is 12.7. The summed E-state index contributed by atoms with van der Waals surface area (Å²) in [5, 5.41) is 6.68. The van der Waals surface area contributed by atoms with Crippen molar-refractivity contribution in [3.63, 3.8) is 0 Å². The SMILES string of the molecule is Cc1[nH]nc(CN)c1S(=O)(=O)N1CCSC(C)(C)C1. The summed E-state index contributed by atoms with van der Waals surface area (Å²) in [5.74, 6) is 0.807. The third-order valence-electron chi connectivity index (χ3n) is 3.14. The highest BCUT2D eigenvalue weighted by Gasteiger charge is 2.37. The van der Waals surface area contributed by atoms with Gasteiger partial charge in [0.15, 0.2) is 0 Å². The molecule has 1 saturated heterocycles. The molecule has 0 bridgehead atoms. The Morgan fingerprint density at radius 2 is 2.21 bits per heavy atom. The topological polar surface area (TPSA) is 92.1 Å². The van der Waals surface area contributed by atoms with Gasteiger partial charge in [-0.3, -0.25) is 5.10 Å². The lowest BCUT2D eigenvalue weighted by Gasteiger charge is -2.36. The highest BCUT2D eigenvalue weighted by atomic mass is 32.2. The standard InChI is InChI=1S/C11H20N4O2S2/c1-8-10(9(6-12)14-13-8)19(16,17)15-4-5-18-11(2,3)7-15/h4-7,12H2,1-3H3,(H,13,14). The first-order valence-electron chi connectivity index (χ1n) is 6.16. The molecule has 2 heterocycles. The van der Waals surface area contributed by atoms with Crippen molar-refractivity contribution in [2.24, 2.45) is 5.73 Å². The van der Waals surface area contributed by atoms with Crippen LogP contribution in [0.5, 0.6) is 0 Å². The molecule has 0 radical (unpaired) electrons. The third-order valence-corrected chi connectivity index (χ3v) is 6.49. The largest absolute Gasteiger partial charge is 0.325 e. The van der Waals surface area contributed by atoms with Gasteiger partial charge in [-0.1, -0.05) is 0 Å². The second-order valence-corrected chi connectivity index (χ2v) is 8.95. The number of nitrogens with zero attached hydrogens (tertiary/aromatic N) is 2. The van der Waals surface area contributed by atoms with E-state index in [9.17, 15) is 8.42 Å². The summed E-state index contributed by atoms with van der Waals surface area (Å²) in [6.07, 6.45) is 0. The number of sulfonamides is 1. The summed E-state index contributed by atoms with van der Waals surface area (Å²) in [7, 11) is -3.52. The van der Waals surface area contributed by atoms with Crippen molar-refractivity contribution >= 4 is 21.8 Å². The van der Waals surface area contributed by atoms with Gasteiger partial charge in [-0.2, -0.15) is 21.2 Å². The van der Waals surface area contributed by atoms with Gasteiger partial charge < -0.3 is 5.73 Å². The molecule has 8 heteroatoms. The second kappa shape index (κ2) is 5.08. The van der Waals surface area contributed by atoms with Crippen LogP contribution in [0.3, 0.4) is 0 Å². The van der Waals surface area contributed by atoms with E-state index in [0.29, 0.717) is 24.5 Å². The van der Waals surface area contributed by atoms with Gasteiger partial charge >= 0.3 is 0 Å². The predicted molar refractivity (Wildman–Crippen MR) is 76.5 cm³/mol. The van der Waals surface area contributed by atoms with E-state index >= 15 is 0 Å². The van der Waals surface area contributed by atoms with E-state index in [0.717, 1.165) is 5.75 Å². The molecule has 0 aliphatic carbocycles. The highest BCUT2D eigenvalue weighted by Crippen LogP contribution is 2.33. The smallest absolute Gasteiger partial charge is 0.246 e. The molecule has 1 aliphatic heterocycles. The first-order valence-corrected chi connectivity index (χ1v) is 8.58. The fraction of sp³-hybridized carbons (Fsp3) is 0.727. The maximum Gasteiger partial charge on any atom is 0.246 e. The quantitative estimate of drug-likeness (QED) is 0.857. The minimum atomic E-state index is -3.52. The number of nitrogens with one attached hydrogen (secondary N) is 1. The molecule has 1 fully saturated rings. The van der Waals surface area contributed by atoms with E-state index in [2.05, 4.69) is 24.0 Å². The summed E-state index contributed by atoms with van der Waals surface area (Å²) >= 11 is 1.80. The third kappa shape index (κ3) is 2.81. The van der Waals surface area contributed by atoms with E-state index in [1.165, 1.54) is 0 Å². The molecular formula is C11H20N4O2S2. The number of aryl methyl sites for hydroxylation is 1. The first kappa shape index (κ1) is 14.8. The molecule has 0 amide bonds. The Labute approximate surface area is 118 Å². The number of aromatic nitrogens is 2. The van der Waals surface area contributed by atoms with E-state index < -0.39 is 10.0 Å². The van der Waals surface area contributed by atoms with Crippen LogP contribution in [-0.2, 0) is 16.6 Å². The molecule has 0 unspecified atom stereocenters. The molecule has 1 aromatic rings. The average molecular weight is 304 g/mol. The van der Waals surface area contributed by atoms with Gasteiger partial charge in [-0.25, -0.2) is 8.42 Å². The predicted octanol–water partition coefficient (Wildman–Crippen LogP) is 0.693. The fourth-order valence-electron chi connectivity index (χ4n) is 2.26. The molecule has 1 aromatic heterocycles. The van der Waals surface area contributed by atoms with Crippen LogP contribution in [0.1, 0.15) is 25.2 Å². The maximum atomic E-state index is 12.7. The Morgan fingerprint density at radius 3 is 2.79 bits per heavy atom. The molecule has 2 rings (SSSR count). The zero-order valence-electron chi connectivity index (χ0n) is 11.4. The fourth-order valence-corrected chi connectivity index (χ4v) is 5.51. The Hall–Kier alpha value is -0.570. The lowest BCUT2D eigenvalue weighted by atomic mass is 10.2. The molecule has 1 aliphatic rings. The Kier molecular flexibility index (Phi) is 3.97.